The van der Waals surface area contributed by atoms with Crippen LogP contribution < -0.4 is 10.1 Å². The van der Waals surface area contributed by atoms with Crippen molar-refractivity contribution in [2.75, 3.05) is 12.4 Å². The first-order valence-electron chi connectivity index (χ1n) is 6.78. The van der Waals surface area contributed by atoms with Gasteiger partial charge in [-0.25, -0.2) is 4.39 Å². The normalized spacial score (nSPS) is 14.8. The highest BCUT2D eigenvalue weighted by Gasteiger charge is 2.29. The number of hydrogen-bond donors (Lipinski definition) is 1. The van der Waals surface area contributed by atoms with Gasteiger partial charge in [0, 0.05) is 20.1 Å². The van der Waals surface area contributed by atoms with Gasteiger partial charge in [0.1, 0.15) is 0 Å². The van der Waals surface area contributed by atoms with E-state index in [1.165, 1.54) is 13.2 Å². The summed E-state index contributed by atoms with van der Waals surface area (Å²) in [5, 5.41) is 2.85. The molecule has 0 saturated heterocycles. The van der Waals surface area contributed by atoms with E-state index in [0.717, 1.165) is 25.8 Å². The van der Waals surface area contributed by atoms with Crippen LogP contribution in [-0.2, 0) is 4.79 Å². The number of nitrogens with one attached hydrogen (secondary N) is 1. The van der Waals surface area contributed by atoms with E-state index >= 15 is 0 Å². The van der Waals surface area contributed by atoms with Crippen LogP contribution in [-0.4, -0.2) is 13.0 Å². The van der Waals surface area contributed by atoms with E-state index < -0.39 is 5.82 Å². The summed E-state index contributed by atoms with van der Waals surface area (Å²) in [7, 11) is 1.41. The molecule has 0 bridgehead atoms. The summed E-state index contributed by atoms with van der Waals surface area (Å²) in [6.45, 7) is 1.93. The van der Waals surface area contributed by atoms with Crippen LogP contribution in [0.3, 0.4) is 0 Å². The third-order valence-electron chi connectivity index (χ3n) is 3.71. The van der Waals surface area contributed by atoms with Gasteiger partial charge >= 0.3 is 0 Å². The fourth-order valence-electron chi connectivity index (χ4n) is 2.55. The molecule has 0 atom stereocenters. The summed E-state index contributed by atoms with van der Waals surface area (Å²) in [5.41, 5.74) is 3.59. The van der Waals surface area contributed by atoms with E-state index in [9.17, 15) is 9.18 Å². The number of rotatable bonds is 2. The summed E-state index contributed by atoms with van der Waals surface area (Å²) in [6.07, 6.45) is 1.68. The van der Waals surface area contributed by atoms with Crippen molar-refractivity contribution >= 4 is 55.1 Å². The highest BCUT2D eigenvalue weighted by Crippen LogP contribution is 2.43. The smallest absolute Gasteiger partial charge is 0.256 e. The molecule has 23 heavy (non-hydrogen) atoms. The van der Waals surface area contributed by atoms with Crippen molar-refractivity contribution in [1.82, 2.24) is 0 Å². The highest BCUT2D eigenvalue weighted by atomic mass is 79.9. The molecular formula is C17H12Br2FNO2. The summed E-state index contributed by atoms with van der Waals surface area (Å²) < 4.78 is 20.5. The van der Waals surface area contributed by atoms with Gasteiger partial charge in [-0.05, 0) is 58.3 Å². The second-order valence-electron chi connectivity index (χ2n) is 5.12. The Morgan fingerprint density at radius 3 is 2.61 bits per heavy atom. The summed E-state index contributed by atoms with van der Waals surface area (Å²) in [5.74, 6) is -0.504. The van der Waals surface area contributed by atoms with Gasteiger partial charge in [0.15, 0.2) is 11.6 Å². The average Bonchev–Trinajstić information content (AvgIpc) is 2.83. The number of carbonyl (C=O) groups excluding carboxylic acids is 1. The molecule has 0 unspecified atom stereocenters. The zero-order chi connectivity index (χ0) is 16.7. The number of halogens is 3. The van der Waals surface area contributed by atoms with Gasteiger partial charge < -0.3 is 10.1 Å². The second kappa shape index (κ2) is 6.09. The fourth-order valence-corrected chi connectivity index (χ4v) is 3.81. The Morgan fingerprint density at radius 1 is 1.22 bits per heavy atom. The quantitative estimate of drug-likeness (QED) is 0.655. The molecule has 0 aliphatic carbocycles. The Balaban J connectivity index is 2.16. The Hall–Kier alpha value is -1.66. The lowest BCUT2D eigenvalue weighted by molar-refractivity contribution is -0.110. The molecular weight excluding hydrogens is 429 g/mol. The first-order valence-corrected chi connectivity index (χ1v) is 8.36. The first kappa shape index (κ1) is 16.2. The molecule has 0 radical (unpaired) electrons. The molecule has 3 rings (SSSR count). The lowest BCUT2D eigenvalue weighted by Gasteiger charge is -2.08. The van der Waals surface area contributed by atoms with Crippen LogP contribution in [0.1, 0.15) is 16.7 Å². The molecule has 1 N–H and O–H groups in total. The summed E-state index contributed by atoms with van der Waals surface area (Å²) >= 11 is 6.94. The van der Waals surface area contributed by atoms with Gasteiger partial charge in [-0.3, -0.25) is 4.79 Å². The van der Waals surface area contributed by atoms with Gasteiger partial charge in [0.2, 0.25) is 0 Å². The van der Waals surface area contributed by atoms with Crippen molar-refractivity contribution < 1.29 is 13.9 Å². The second-order valence-corrected chi connectivity index (χ2v) is 6.83. The molecule has 1 aliphatic rings. The molecule has 2 aromatic rings. The molecule has 0 aromatic heterocycles. The van der Waals surface area contributed by atoms with Gasteiger partial charge in [-0.2, -0.15) is 0 Å². The van der Waals surface area contributed by atoms with Gasteiger partial charge in [-0.1, -0.05) is 22.0 Å². The lowest BCUT2D eigenvalue weighted by Crippen LogP contribution is -2.03. The van der Waals surface area contributed by atoms with Crippen molar-refractivity contribution in [2.24, 2.45) is 0 Å². The maximum Gasteiger partial charge on any atom is 0.256 e. The zero-order valence-corrected chi connectivity index (χ0v) is 15.5. The SMILES string of the molecule is COc1ccc(C=C2C(=O)Nc3c(Br)cc(Br)c(C)c32)cc1F. The predicted octanol–water partition coefficient (Wildman–Crippen LogP) is 5.16. The lowest BCUT2D eigenvalue weighted by atomic mass is 9.99. The van der Waals surface area contributed by atoms with Crippen LogP contribution in [0, 0.1) is 12.7 Å². The maximum atomic E-state index is 13.9. The molecule has 6 heteroatoms. The van der Waals surface area contributed by atoms with E-state index in [-0.39, 0.29) is 11.7 Å². The molecule has 1 heterocycles. The van der Waals surface area contributed by atoms with Gasteiger partial charge in [0.05, 0.1) is 12.8 Å². The molecule has 1 amide bonds. The van der Waals surface area contributed by atoms with Crippen LogP contribution in [0.15, 0.2) is 33.2 Å². The zero-order valence-electron chi connectivity index (χ0n) is 12.3. The van der Waals surface area contributed by atoms with Crippen molar-refractivity contribution in [3.8, 4) is 5.75 Å². The van der Waals surface area contributed by atoms with Crippen LogP contribution in [0.4, 0.5) is 10.1 Å². The topological polar surface area (TPSA) is 38.3 Å². The highest BCUT2D eigenvalue weighted by molar-refractivity contribution is 9.11. The standard InChI is InChI=1S/C17H12Br2FNO2/c1-8-11(18)7-12(19)16-15(8)10(17(22)21-16)5-9-3-4-14(23-2)13(20)6-9/h3-7H,1-2H3,(H,21,22). The van der Waals surface area contributed by atoms with Crippen LogP contribution in [0.5, 0.6) is 5.75 Å². The summed E-state index contributed by atoms with van der Waals surface area (Å²) in [4.78, 5) is 12.3. The molecule has 1 aliphatic heterocycles. The molecule has 0 saturated carbocycles. The number of ether oxygens (including phenoxy) is 1. The average molecular weight is 441 g/mol. The Labute approximate surface area is 149 Å². The van der Waals surface area contributed by atoms with E-state index in [2.05, 4.69) is 37.2 Å². The van der Waals surface area contributed by atoms with Crippen LogP contribution >= 0.6 is 31.9 Å². The number of carbonyl (C=O) groups is 1. The monoisotopic (exact) mass is 439 g/mol. The number of benzene rings is 2. The van der Waals surface area contributed by atoms with Gasteiger partial charge in [-0.15, -0.1) is 0 Å². The molecule has 3 nitrogen and oxygen atoms in total. The largest absolute Gasteiger partial charge is 0.494 e. The molecule has 0 spiro atoms. The van der Waals surface area contributed by atoms with E-state index in [0.29, 0.717) is 11.1 Å². The third-order valence-corrected chi connectivity index (χ3v) is 5.16. The number of fused-ring (bicyclic) bond motifs is 1. The van der Waals surface area contributed by atoms with E-state index in [4.69, 9.17) is 4.74 Å². The minimum Gasteiger partial charge on any atom is -0.494 e. The molecule has 0 fully saturated rings. The Kier molecular flexibility index (Phi) is 4.29. The minimum atomic E-state index is -0.465. The fraction of sp³-hybridized carbons (Fsp3) is 0.118. The number of amides is 1. The van der Waals surface area contributed by atoms with Crippen molar-refractivity contribution in [2.45, 2.75) is 6.92 Å². The maximum absolute atomic E-state index is 13.9. The Bertz CT molecular complexity index is 862. The van der Waals surface area contributed by atoms with Crippen molar-refractivity contribution in [3.05, 3.63) is 55.7 Å². The van der Waals surface area contributed by atoms with Crippen LogP contribution in [0.2, 0.25) is 0 Å². The number of anilines is 1. The van der Waals surface area contributed by atoms with Gasteiger partial charge in [0.25, 0.3) is 5.91 Å². The number of hydrogen-bond acceptors (Lipinski definition) is 2. The van der Waals surface area contributed by atoms with E-state index in [1.807, 2.05) is 13.0 Å². The first-order chi connectivity index (χ1) is 10.9. The third kappa shape index (κ3) is 2.81. The van der Waals surface area contributed by atoms with E-state index in [1.54, 1.807) is 18.2 Å². The summed E-state index contributed by atoms with van der Waals surface area (Å²) in [6, 6.07) is 6.49. The van der Waals surface area contributed by atoms with Crippen LogP contribution in [0.25, 0.3) is 11.6 Å². The van der Waals surface area contributed by atoms with Crippen molar-refractivity contribution in [3.63, 3.8) is 0 Å². The number of methoxy groups -OCH3 is 1. The van der Waals surface area contributed by atoms with Crippen molar-refractivity contribution in [1.29, 1.82) is 0 Å². The molecule has 118 valence electrons. The molecule has 2 aromatic carbocycles. The predicted molar refractivity (Wildman–Crippen MR) is 96.0 cm³/mol. The Morgan fingerprint density at radius 2 is 1.96 bits per heavy atom. The minimum absolute atomic E-state index is 0.171.